The molecule has 2 aromatic carbocycles. The normalized spacial score (nSPS) is 14.2. The molecule has 3 rings (SSSR count). The van der Waals surface area contributed by atoms with Gasteiger partial charge in [0, 0.05) is 45.3 Å². The van der Waals surface area contributed by atoms with Crippen LogP contribution in [0, 0.1) is 0 Å². The highest BCUT2D eigenvalue weighted by atomic mass is 127. The minimum atomic E-state index is 0. The molecule has 158 valence electrons. The number of anilines is 1. The third-order valence-corrected chi connectivity index (χ3v) is 4.93. The Labute approximate surface area is 189 Å². The Morgan fingerprint density at radius 3 is 2.38 bits per heavy atom. The number of nitrogens with zero attached hydrogens (tertiary/aromatic N) is 3. The zero-order valence-corrected chi connectivity index (χ0v) is 19.4. The van der Waals surface area contributed by atoms with Crippen LogP contribution in [0.3, 0.4) is 0 Å². The number of halogens is 1. The highest BCUT2D eigenvalue weighted by Gasteiger charge is 2.21. The van der Waals surface area contributed by atoms with Crippen molar-refractivity contribution in [3.8, 4) is 17.2 Å². The van der Waals surface area contributed by atoms with E-state index in [4.69, 9.17) is 9.47 Å². The maximum Gasteiger partial charge on any atom is 0.194 e. The maximum atomic E-state index is 10.1. The summed E-state index contributed by atoms with van der Waals surface area (Å²) in [6, 6.07) is 13.3. The van der Waals surface area contributed by atoms with Gasteiger partial charge in [-0.2, -0.15) is 0 Å². The number of phenolic OH excluding ortho intramolecular Hbond substituents is 1. The van der Waals surface area contributed by atoms with Crippen LogP contribution in [-0.4, -0.2) is 63.4 Å². The molecule has 1 heterocycles. The summed E-state index contributed by atoms with van der Waals surface area (Å²) >= 11 is 0. The number of rotatable bonds is 5. The molecule has 2 aromatic rings. The van der Waals surface area contributed by atoms with E-state index < -0.39 is 0 Å². The first-order valence-corrected chi connectivity index (χ1v) is 9.36. The van der Waals surface area contributed by atoms with Crippen molar-refractivity contribution in [1.82, 2.24) is 10.2 Å². The Morgan fingerprint density at radius 1 is 1.03 bits per heavy atom. The number of hydrogen-bond acceptors (Lipinski definition) is 5. The third kappa shape index (κ3) is 5.37. The van der Waals surface area contributed by atoms with Crippen molar-refractivity contribution in [2.75, 3.05) is 52.3 Å². The molecule has 29 heavy (non-hydrogen) atoms. The molecule has 8 heteroatoms. The Kier molecular flexibility index (Phi) is 8.69. The van der Waals surface area contributed by atoms with Crippen molar-refractivity contribution in [1.29, 1.82) is 0 Å². The van der Waals surface area contributed by atoms with Gasteiger partial charge >= 0.3 is 0 Å². The molecule has 0 atom stereocenters. The number of para-hydroxylation sites is 3. The van der Waals surface area contributed by atoms with E-state index in [1.165, 1.54) is 0 Å². The Bertz CT molecular complexity index is 823. The van der Waals surface area contributed by atoms with Crippen LogP contribution in [0.25, 0.3) is 0 Å². The van der Waals surface area contributed by atoms with Gasteiger partial charge in [0.05, 0.1) is 19.9 Å². The fourth-order valence-corrected chi connectivity index (χ4v) is 3.49. The summed E-state index contributed by atoms with van der Waals surface area (Å²) in [5.74, 6) is 2.62. The van der Waals surface area contributed by atoms with Crippen molar-refractivity contribution >= 4 is 35.6 Å². The molecule has 1 saturated heterocycles. The number of phenols is 1. The first-order valence-electron chi connectivity index (χ1n) is 9.36. The van der Waals surface area contributed by atoms with E-state index >= 15 is 0 Å². The van der Waals surface area contributed by atoms with E-state index in [1.54, 1.807) is 27.3 Å². The van der Waals surface area contributed by atoms with Crippen LogP contribution in [0.15, 0.2) is 47.5 Å². The molecule has 0 aliphatic carbocycles. The summed E-state index contributed by atoms with van der Waals surface area (Å²) < 4.78 is 10.9. The topological polar surface area (TPSA) is 69.6 Å². The van der Waals surface area contributed by atoms with Crippen LogP contribution in [0.2, 0.25) is 0 Å². The average Bonchev–Trinajstić information content (AvgIpc) is 2.74. The van der Waals surface area contributed by atoms with Crippen LogP contribution in [0.5, 0.6) is 17.2 Å². The van der Waals surface area contributed by atoms with Crippen LogP contribution in [0.4, 0.5) is 5.69 Å². The van der Waals surface area contributed by atoms with E-state index in [2.05, 4.69) is 20.1 Å². The van der Waals surface area contributed by atoms with Gasteiger partial charge < -0.3 is 29.7 Å². The number of nitrogens with one attached hydrogen (secondary N) is 1. The van der Waals surface area contributed by atoms with Crippen LogP contribution < -0.4 is 19.7 Å². The molecule has 2 N–H and O–H groups in total. The van der Waals surface area contributed by atoms with Gasteiger partial charge in [0.15, 0.2) is 17.5 Å². The monoisotopic (exact) mass is 512 g/mol. The second kappa shape index (κ2) is 11.0. The molecule has 0 amide bonds. The van der Waals surface area contributed by atoms with Gasteiger partial charge in [-0.3, -0.25) is 4.99 Å². The molecular weight excluding hydrogens is 483 g/mol. The lowest BCUT2D eigenvalue weighted by Crippen LogP contribution is -2.52. The van der Waals surface area contributed by atoms with Crippen LogP contribution in [0.1, 0.15) is 5.56 Å². The number of aromatic hydroxyl groups is 1. The molecule has 0 aromatic heterocycles. The van der Waals surface area contributed by atoms with Gasteiger partial charge in [-0.1, -0.05) is 24.3 Å². The number of hydrogen-bond donors (Lipinski definition) is 2. The van der Waals surface area contributed by atoms with E-state index in [0.717, 1.165) is 49.1 Å². The van der Waals surface area contributed by atoms with Crippen molar-refractivity contribution in [3.05, 3.63) is 48.0 Å². The maximum absolute atomic E-state index is 10.1. The fraction of sp³-hybridized carbons (Fsp3) is 0.381. The molecule has 0 saturated carbocycles. The fourth-order valence-electron chi connectivity index (χ4n) is 3.49. The van der Waals surface area contributed by atoms with Gasteiger partial charge in [0.2, 0.25) is 0 Å². The van der Waals surface area contributed by atoms with Crippen molar-refractivity contribution in [2.24, 2.45) is 4.99 Å². The Hall–Kier alpha value is -2.36. The molecule has 1 fully saturated rings. The van der Waals surface area contributed by atoms with Crippen molar-refractivity contribution in [2.45, 2.75) is 6.54 Å². The lowest BCUT2D eigenvalue weighted by atomic mass is 10.2. The number of ether oxygens (including phenoxy) is 2. The third-order valence-electron chi connectivity index (χ3n) is 4.93. The molecule has 0 unspecified atom stereocenters. The summed E-state index contributed by atoms with van der Waals surface area (Å²) in [7, 11) is 5.08. The molecule has 1 aliphatic heterocycles. The van der Waals surface area contributed by atoms with E-state index in [0.29, 0.717) is 18.0 Å². The predicted octanol–water partition coefficient (Wildman–Crippen LogP) is 2.93. The van der Waals surface area contributed by atoms with E-state index in [1.807, 2.05) is 36.4 Å². The predicted molar refractivity (Wildman–Crippen MR) is 127 cm³/mol. The summed E-state index contributed by atoms with van der Waals surface area (Å²) in [5.41, 5.74) is 1.89. The highest BCUT2D eigenvalue weighted by Crippen LogP contribution is 2.30. The zero-order valence-electron chi connectivity index (χ0n) is 17.1. The number of piperazine rings is 1. The average molecular weight is 512 g/mol. The number of guanidine groups is 1. The van der Waals surface area contributed by atoms with E-state index in [-0.39, 0.29) is 24.0 Å². The van der Waals surface area contributed by atoms with Gasteiger partial charge in [0.1, 0.15) is 5.75 Å². The quantitative estimate of drug-likeness (QED) is 0.365. The van der Waals surface area contributed by atoms with Gasteiger partial charge in [0.25, 0.3) is 0 Å². The molecule has 0 radical (unpaired) electrons. The Morgan fingerprint density at radius 2 is 1.76 bits per heavy atom. The first kappa shape index (κ1) is 22.9. The summed E-state index contributed by atoms with van der Waals surface area (Å²) in [4.78, 5) is 8.86. The summed E-state index contributed by atoms with van der Waals surface area (Å²) in [6.45, 7) is 3.88. The first-order chi connectivity index (χ1) is 13.7. The Balaban J connectivity index is 0.00000300. The zero-order chi connectivity index (χ0) is 19.9. The van der Waals surface area contributed by atoms with E-state index in [9.17, 15) is 5.11 Å². The van der Waals surface area contributed by atoms with Crippen molar-refractivity contribution < 1.29 is 14.6 Å². The minimum absolute atomic E-state index is 0. The minimum Gasteiger partial charge on any atom is -0.506 e. The molecule has 7 nitrogen and oxygen atoms in total. The highest BCUT2D eigenvalue weighted by molar-refractivity contribution is 14.0. The second-order valence-corrected chi connectivity index (χ2v) is 6.52. The SMILES string of the molecule is CN=C(NCc1cccc(OC)c1OC)N1CCN(c2ccccc2O)CC1.I. The van der Waals surface area contributed by atoms with Gasteiger partial charge in [-0.25, -0.2) is 0 Å². The smallest absolute Gasteiger partial charge is 0.194 e. The number of aliphatic imine (C=N–C) groups is 1. The van der Waals surface area contributed by atoms with Gasteiger partial charge in [-0.15, -0.1) is 24.0 Å². The molecule has 1 aliphatic rings. The molecule has 0 spiro atoms. The standard InChI is InChI=1S/C21H28N4O3.HI/c1-22-21(23-15-16-7-6-10-19(27-2)20(16)28-3)25-13-11-24(12-14-25)17-8-4-5-9-18(17)26;/h4-10,26H,11-15H2,1-3H3,(H,22,23);1H. The van der Waals surface area contributed by atoms with Crippen LogP contribution in [-0.2, 0) is 6.54 Å². The number of methoxy groups -OCH3 is 2. The summed E-state index contributed by atoms with van der Waals surface area (Å²) in [6.07, 6.45) is 0. The summed E-state index contributed by atoms with van der Waals surface area (Å²) in [5, 5.41) is 13.5. The van der Waals surface area contributed by atoms with Crippen molar-refractivity contribution in [3.63, 3.8) is 0 Å². The largest absolute Gasteiger partial charge is 0.506 e. The molecular formula is C21H29IN4O3. The molecule has 0 bridgehead atoms. The van der Waals surface area contributed by atoms with Crippen LogP contribution >= 0.6 is 24.0 Å². The van der Waals surface area contributed by atoms with Gasteiger partial charge in [-0.05, 0) is 18.2 Å². The second-order valence-electron chi connectivity index (χ2n) is 6.52. The number of benzene rings is 2. The lowest BCUT2D eigenvalue weighted by Gasteiger charge is -2.37. The lowest BCUT2D eigenvalue weighted by molar-refractivity contribution is 0.350.